The molecule has 76 valence electrons. The molecule has 0 bridgehead atoms. The highest BCUT2D eigenvalue weighted by Crippen LogP contribution is 2.42. The summed E-state index contributed by atoms with van der Waals surface area (Å²) in [6.45, 7) is 6.31. The molecule has 0 spiro atoms. The van der Waals surface area contributed by atoms with E-state index in [0.29, 0.717) is 11.3 Å². The van der Waals surface area contributed by atoms with Crippen LogP contribution in [-0.4, -0.2) is 23.8 Å². The summed E-state index contributed by atoms with van der Waals surface area (Å²) in [5.74, 6) is 0.557. The maximum Gasteiger partial charge on any atom is 0.0923 e. The number of β-amino-alcohol motifs (C(OH)–C–C–N with tert-alkyl or cyclic N) is 1. The van der Waals surface area contributed by atoms with E-state index in [4.69, 9.17) is 0 Å². The van der Waals surface area contributed by atoms with Crippen LogP contribution >= 0.6 is 0 Å². The van der Waals surface area contributed by atoms with Gasteiger partial charge in [0.2, 0.25) is 0 Å². The summed E-state index contributed by atoms with van der Waals surface area (Å²) >= 11 is 0. The number of nitrogens with one attached hydrogen (secondary N) is 1. The third-order valence-corrected chi connectivity index (χ3v) is 3.96. The predicted octanol–water partition coefficient (Wildman–Crippen LogP) is 1.54. The Labute approximate surface area is 80.7 Å². The molecular formula is C11H21NO. The van der Waals surface area contributed by atoms with Gasteiger partial charge < -0.3 is 10.4 Å². The van der Waals surface area contributed by atoms with Gasteiger partial charge in [-0.1, -0.05) is 13.8 Å². The van der Waals surface area contributed by atoms with Gasteiger partial charge in [-0.2, -0.15) is 0 Å². The molecule has 2 N–H and O–H groups in total. The van der Waals surface area contributed by atoms with Crippen molar-refractivity contribution in [3.05, 3.63) is 0 Å². The standard InChI is InChI=1S/C11H21NO/c1-10(2)5-3-9(4-6-10)11(13)7-12-8-11/h9,12-13H,3-8H2,1-2H3. The van der Waals surface area contributed by atoms with Crippen molar-refractivity contribution in [3.63, 3.8) is 0 Å². The quantitative estimate of drug-likeness (QED) is 0.646. The van der Waals surface area contributed by atoms with Crippen LogP contribution in [0.5, 0.6) is 0 Å². The van der Waals surface area contributed by atoms with Crippen molar-refractivity contribution in [1.82, 2.24) is 5.32 Å². The van der Waals surface area contributed by atoms with E-state index in [2.05, 4.69) is 19.2 Å². The molecule has 2 rings (SSSR count). The highest BCUT2D eigenvalue weighted by Gasteiger charge is 2.44. The van der Waals surface area contributed by atoms with Gasteiger partial charge in [0, 0.05) is 13.1 Å². The van der Waals surface area contributed by atoms with Crippen molar-refractivity contribution in [2.75, 3.05) is 13.1 Å². The van der Waals surface area contributed by atoms with Crippen LogP contribution in [0, 0.1) is 11.3 Å². The van der Waals surface area contributed by atoms with Crippen molar-refractivity contribution in [1.29, 1.82) is 0 Å². The fourth-order valence-electron chi connectivity index (χ4n) is 2.61. The Morgan fingerprint density at radius 3 is 2.08 bits per heavy atom. The van der Waals surface area contributed by atoms with Gasteiger partial charge in [0.25, 0.3) is 0 Å². The van der Waals surface area contributed by atoms with Crippen molar-refractivity contribution in [2.45, 2.75) is 45.1 Å². The van der Waals surface area contributed by atoms with E-state index in [0.717, 1.165) is 13.1 Å². The molecule has 0 unspecified atom stereocenters. The smallest absolute Gasteiger partial charge is 0.0923 e. The summed E-state index contributed by atoms with van der Waals surface area (Å²) in [6.07, 6.45) is 4.98. The first kappa shape index (κ1) is 9.47. The molecule has 0 aromatic heterocycles. The molecule has 0 aromatic carbocycles. The molecule has 2 heteroatoms. The Hall–Kier alpha value is -0.0800. The van der Waals surface area contributed by atoms with Gasteiger partial charge in [-0.25, -0.2) is 0 Å². The molecule has 0 radical (unpaired) electrons. The second kappa shape index (κ2) is 2.96. The van der Waals surface area contributed by atoms with E-state index < -0.39 is 0 Å². The molecule has 1 saturated heterocycles. The van der Waals surface area contributed by atoms with Gasteiger partial charge in [-0.15, -0.1) is 0 Å². The Balaban J connectivity index is 1.91. The van der Waals surface area contributed by atoms with Gasteiger partial charge in [-0.3, -0.25) is 0 Å². The predicted molar refractivity (Wildman–Crippen MR) is 53.6 cm³/mol. The summed E-state index contributed by atoms with van der Waals surface area (Å²) in [7, 11) is 0. The first-order valence-corrected chi connectivity index (χ1v) is 5.45. The molecule has 0 aromatic rings. The number of hydrogen-bond donors (Lipinski definition) is 2. The second-order valence-corrected chi connectivity index (χ2v) is 5.65. The number of hydrogen-bond acceptors (Lipinski definition) is 2. The third kappa shape index (κ3) is 1.75. The van der Waals surface area contributed by atoms with Crippen LogP contribution < -0.4 is 5.32 Å². The Kier molecular flexibility index (Phi) is 2.16. The molecule has 1 aliphatic carbocycles. The van der Waals surface area contributed by atoms with Crippen LogP contribution in [-0.2, 0) is 0 Å². The minimum atomic E-state index is -0.351. The first-order valence-electron chi connectivity index (χ1n) is 5.45. The highest BCUT2D eigenvalue weighted by atomic mass is 16.3. The van der Waals surface area contributed by atoms with Gasteiger partial charge in [0.05, 0.1) is 5.60 Å². The van der Waals surface area contributed by atoms with Gasteiger partial charge in [-0.05, 0) is 37.0 Å². The average molecular weight is 183 g/mol. The highest BCUT2D eigenvalue weighted by molar-refractivity contribution is 5.00. The zero-order valence-corrected chi connectivity index (χ0v) is 8.77. The molecule has 0 atom stereocenters. The van der Waals surface area contributed by atoms with Gasteiger partial charge in [0.1, 0.15) is 0 Å². The third-order valence-electron chi connectivity index (χ3n) is 3.96. The topological polar surface area (TPSA) is 32.3 Å². The largest absolute Gasteiger partial charge is 0.387 e. The number of aliphatic hydroxyl groups is 1. The maximum absolute atomic E-state index is 10.1. The molecule has 1 saturated carbocycles. The van der Waals surface area contributed by atoms with E-state index in [1.165, 1.54) is 25.7 Å². The summed E-state index contributed by atoms with van der Waals surface area (Å²) < 4.78 is 0. The lowest BCUT2D eigenvalue weighted by molar-refractivity contribution is -0.0817. The van der Waals surface area contributed by atoms with Crippen molar-refractivity contribution in [3.8, 4) is 0 Å². The summed E-state index contributed by atoms with van der Waals surface area (Å²) in [5, 5.41) is 13.3. The van der Waals surface area contributed by atoms with Crippen LogP contribution in [0.1, 0.15) is 39.5 Å². The lowest BCUT2D eigenvalue weighted by Gasteiger charge is -2.48. The monoisotopic (exact) mass is 183 g/mol. The van der Waals surface area contributed by atoms with E-state index in [9.17, 15) is 5.11 Å². The minimum absolute atomic E-state index is 0.351. The lowest BCUT2D eigenvalue weighted by Crippen LogP contribution is -2.64. The Morgan fingerprint density at radius 1 is 1.15 bits per heavy atom. The zero-order chi connectivity index (χ0) is 9.53. The number of rotatable bonds is 1. The van der Waals surface area contributed by atoms with Crippen molar-refractivity contribution < 1.29 is 5.11 Å². The van der Waals surface area contributed by atoms with Crippen LogP contribution in [0.25, 0.3) is 0 Å². The Morgan fingerprint density at radius 2 is 1.69 bits per heavy atom. The minimum Gasteiger partial charge on any atom is -0.387 e. The molecule has 0 amide bonds. The van der Waals surface area contributed by atoms with E-state index in [1.54, 1.807) is 0 Å². The van der Waals surface area contributed by atoms with Crippen LogP contribution in [0.3, 0.4) is 0 Å². The molecule has 2 nitrogen and oxygen atoms in total. The van der Waals surface area contributed by atoms with E-state index in [1.807, 2.05) is 0 Å². The molecule has 2 aliphatic rings. The van der Waals surface area contributed by atoms with Crippen LogP contribution in [0.4, 0.5) is 0 Å². The van der Waals surface area contributed by atoms with Crippen LogP contribution in [0.2, 0.25) is 0 Å². The van der Waals surface area contributed by atoms with Gasteiger partial charge in [0.15, 0.2) is 0 Å². The second-order valence-electron chi connectivity index (χ2n) is 5.65. The molecule has 2 fully saturated rings. The zero-order valence-electron chi connectivity index (χ0n) is 8.77. The fourth-order valence-corrected chi connectivity index (χ4v) is 2.61. The van der Waals surface area contributed by atoms with Crippen LogP contribution in [0.15, 0.2) is 0 Å². The van der Waals surface area contributed by atoms with Crippen molar-refractivity contribution in [2.24, 2.45) is 11.3 Å². The Bertz CT molecular complexity index is 186. The van der Waals surface area contributed by atoms with Crippen molar-refractivity contribution >= 4 is 0 Å². The summed E-state index contributed by atoms with van der Waals surface area (Å²) in [4.78, 5) is 0. The van der Waals surface area contributed by atoms with E-state index in [-0.39, 0.29) is 5.60 Å². The summed E-state index contributed by atoms with van der Waals surface area (Å²) in [5.41, 5.74) is 0.167. The SMILES string of the molecule is CC1(C)CCC(C2(O)CNC2)CC1. The molecule has 1 heterocycles. The molecule has 13 heavy (non-hydrogen) atoms. The normalized spacial score (nSPS) is 32.5. The van der Waals surface area contributed by atoms with E-state index >= 15 is 0 Å². The molecule has 1 aliphatic heterocycles. The lowest BCUT2D eigenvalue weighted by atomic mass is 9.66. The molecular weight excluding hydrogens is 162 g/mol. The fraction of sp³-hybridized carbons (Fsp3) is 1.00. The first-order chi connectivity index (χ1) is 6.02. The van der Waals surface area contributed by atoms with Gasteiger partial charge >= 0.3 is 0 Å². The maximum atomic E-state index is 10.1. The average Bonchev–Trinajstić information content (AvgIpc) is 2.00. The summed E-state index contributed by atoms with van der Waals surface area (Å²) in [6, 6.07) is 0.